The molecule has 1 fully saturated rings. The average molecular weight is 509 g/mol. The SMILES string of the molecule is CC(C)Oc1ncnc2c1ncn2[C@@H]1O[C@H](CNS(=O)(=O)NC(=O)c2ccccc2O)[C@@H](O)[C@H]1O. The van der Waals surface area contributed by atoms with Crippen LogP contribution in [0.25, 0.3) is 11.2 Å². The third-order valence-corrected chi connectivity index (χ3v) is 6.14. The van der Waals surface area contributed by atoms with Gasteiger partial charge in [-0.25, -0.2) is 14.7 Å². The van der Waals surface area contributed by atoms with Crippen LogP contribution < -0.4 is 14.2 Å². The smallest absolute Gasteiger partial charge is 0.301 e. The summed E-state index contributed by atoms with van der Waals surface area (Å²) in [5.41, 5.74) is 0.367. The zero-order valence-electron chi connectivity index (χ0n) is 18.6. The molecular formula is C20H24N6O8S. The molecule has 0 radical (unpaired) electrons. The zero-order valence-corrected chi connectivity index (χ0v) is 19.5. The van der Waals surface area contributed by atoms with Gasteiger partial charge >= 0.3 is 10.2 Å². The highest BCUT2D eigenvalue weighted by Crippen LogP contribution is 2.32. The Kier molecular flexibility index (Phi) is 6.86. The van der Waals surface area contributed by atoms with Crippen LogP contribution in [0.4, 0.5) is 0 Å². The summed E-state index contributed by atoms with van der Waals surface area (Å²) < 4.78 is 41.2. The van der Waals surface area contributed by atoms with Crippen molar-refractivity contribution in [3.05, 3.63) is 42.5 Å². The molecule has 35 heavy (non-hydrogen) atoms. The van der Waals surface area contributed by atoms with E-state index in [0.717, 1.165) is 0 Å². The summed E-state index contributed by atoms with van der Waals surface area (Å²) in [5, 5.41) is 30.7. The number of imidazole rings is 1. The van der Waals surface area contributed by atoms with Crippen LogP contribution in [0.5, 0.6) is 11.6 Å². The van der Waals surface area contributed by atoms with Gasteiger partial charge in [-0.3, -0.25) is 9.36 Å². The van der Waals surface area contributed by atoms with Crippen molar-refractivity contribution in [3.8, 4) is 11.6 Å². The fourth-order valence-corrected chi connectivity index (χ4v) is 4.33. The Balaban J connectivity index is 1.45. The van der Waals surface area contributed by atoms with Gasteiger partial charge in [-0.1, -0.05) is 12.1 Å². The molecule has 1 amide bonds. The van der Waals surface area contributed by atoms with E-state index in [4.69, 9.17) is 9.47 Å². The summed E-state index contributed by atoms with van der Waals surface area (Å²) in [6.07, 6.45) is -2.79. The molecule has 4 rings (SSSR count). The number of carbonyl (C=O) groups is 1. The van der Waals surface area contributed by atoms with Crippen molar-refractivity contribution in [3.63, 3.8) is 0 Å². The minimum atomic E-state index is -4.39. The quantitative estimate of drug-likeness (QED) is 0.255. The Morgan fingerprint density at radius 1 is 1.20 bits per heavy atom. The normalized spacial score (nSPS) is 22.5. The van der Waals surface area contributed by atoms with Crippen LogP contribution in [0.2, 0.25) is 0 Å². The molecule has 2 aromatic heterocycles. The Labute approximate surface area is 199 Å². The lowest BCUT2D eigenvalue weighted by Crippen LogP contribution is -2.45. The number of aromatic hydroxyl groups is 1. The molecule has 5 N–H and O–H groups in total. The second-order valence-electron chi connectivity index (χ2n) is 8.02. The van der Waals surface area contributed by atoms with Gasteiger partial charge in [0.05, 0.1) is 18.0 Å². The number of fused-ring (bicyclic) bond motifs is 1. The van der Waals surface area contributed by atoms with Crippen LogP contribution in [0, 0.1) is 0 Å². The maximum absolute atomic E-state index is 12.3. The van der Waals surface area contributed by atoms with Gasteiger partial charge in [0.25, 0.3) is 5.91 Å². The topological polar surface area (TPSA) is 198 Å². The Hall–Kier alpha value is -3.37. The highest BCUT2D eigenvalue weighted by Gasteiger charge is 2.44. The molecule has 1 aliphatic heterocycles. The molecule has 1 aromatic carbocycles. The van der Waals surface area contributed by atoms with E-state index in [9.17, 15) is 28.5 Å². The molecular weight excluding hydrogens is 484 g/mol. The number of rotatable bonds is 8. The lowest BCUT2D eigenvalue weighted by Gasteiger charge is -2.17. The first-order valence-electron chi connectivity index (χ1n) is 10.5. The summed E-state index contributed by atoms with van der Waals surface area (Å²) in [5.74, 6) is -1.20. The summed E-state index contributed by atoms with van der Waals surface area (Å²) in [6.45, 7) is 3.17. The number of ether oxygens (including phenoxy) is 2. The third kappa shape index (κ3) is 5.18. The molecule has 4 atom stereocenters. The van der Waals surface area contributed by atoms with Crippen molar-refractivity contribution in [2.45, 2.75) is 44.5 Å². The van der Waals surface area contributed by atoms with Crippen LogP contribution in [0.15, 0.2) is 36.9 Å². The van der Waals surface area contributed by atoms with Crippen LogP contribution in [-0.2, 0) is 14.9 Å². The van der Waals surface area contributed by atoms with Crippen LogP contribution >= 0.6 is 0 Å². The van der Waals surface area contributed by atoms with Crippen LogP contribution in [0.3, 0.4) is 0 Å². The first-order valence-corrected chi connectivity index (χ1v) is 12.0. The summed E-state index contributed by atoms with van der Waals surface area (Å²) in [6, 6.07) is 5.43. The van der Waals surface area contributed by atoms with Gasteiger partial charge in [0.15, 0.2) is 17.4 Å². The van der Waals surface area contributed by atoms with Gasteiger partial charge in [-0.05, 0) is 26.0 Å². The number of amides is 1. The molecule has 0 saturated carbocycles. The second kappa shape index (κ2) is 9.71. The Morgan fingerprint density at radius 3 is 2.66 bits per heavy atom. The number of para-hydroxylation sites is 1. The number of nitrogens with zero attached hydrogens (tertiary/aromatic N) is 4. The van der Waals surface area contributed by atoms with Crippen molar-refractivity contribution in [1.82, 2.24) is 29.0 Å². The predicted octanol–water partition coefficient (Wildman–Crippen LogP) is -0.797. The number of aromatic nitrogens is 4. The summed E-state index contributed by atoms with van der Waals surface area (Å²) >= 11 is 0. The van der Waals surface area contributed by atoms with Crippen molar-refractivity contribution in [2.24, 2.45) is 0 Å². The highest BCUT2D eigenvalue weighted by molar-refractivity contribution is 7.88. The molecule has 1 saturated heterocycles. The molecule has 3 heterocycles. The number of aliphatic hydroxyl groups is 2. The monoisotopic (exact) mass is 508 g/mol. The van der Waals surface area contributed by atoms with Crippen molar-refractivity contribution in [1.29, 1.82) is 0 Å². The molecule has 0 bridgehead atoms. The van der Waals surface area contributed by atoms with Crippen LogP contribution in [0.1, 0.15) is 30.4 Å². The lowest BCUT2D eigenvalue weighted by molar-refractivity contribution is -0.0330. The average Bonchev–Trinajstić information content (AvgIpc) is 3.34. The number of nitrogens with one attached hydrogen (secondary N) is 2. The van der Waals surface area contributed by atoms with E-state index in [0.29, 0.717) is 5.52 Å². The predicted molar refractivity (Wildman–Crippen MR) is 120 cm³/mol. The molecule has 188 valence electrons. The molecule has 3 aromatic rings. The maximum atomic E-state index is 12.3. The van der Waals surface area contributed by atoms with E-state index >= 15 is 0 Å². The number of phenols is 1. The summed E-state index contributed by atoms with van der Waals surface area (Å²) in [4.78, 5) is 24.6. The van der Waals surface area contributed by atoms with Gasteiger partial charge in [-0.15, -0.1) is 0 Å². The van der Waals surface area contributed by atoms with Gasteiger partial charge < -0.3 is 24.8 Å². The first-order chi connectivity index (χ1) is 16.6. The fraction of sp³-hybridized carbons (Fsp3) is 0.400. The van der Waals surface area contributed by atoms with Crippen molar-refractivity contribution in [2.75, 3.05) is 6.54 Å². The maximum Gasteiger partial charge on any atom is 0.301 e. The number of hydrogen-bond donors (Lipinski definition) is 5. The van der Waals surface area contributed by atoms with E-state index in [1.807, 2.05) is 13.8 Å². The number of aliphatic hydroxyl groups excluding tert-OH is 2. The van der Waals surface area contributed by atoms with E-state index in [2.05, 4.69) is 19.7 Å². The minimum Gasteiger partial charge on any atom is -0.507 e. The van der Waals surface area contributed by atoms with E-state index in [-0.39, 0.29) is 28.9 Å². The largest absolute Gasteiger partial charge is 0.507 e. The van der Waals surface area contributed by atoms with E-state index in [1.54, 1.807) is 4.72 Å². The van der Waals surface area contributed by atoms with Gasteiger partial charge in [-0.2, -0.15) is 18.1 Å². The molecule has 0 spiro atoms. The van der Waals surface area contributed by atoms with Gasteiger partial charge in [0, 0.05) is 6.54 Å². The molecule has 15 heteroatoms. The minimum absolute atomic E-state index is 0.169. The van der Waals surface area contributed by atoms with Crippen LogP contribution in [-0.4, -0.2) is 80.1 Å². The lowest BCUT2D eigenvalue weighted by atomic mass is 10.1. The fourth-order valence-electron chi connectivity index (χ4n) is 3.52. The first kappa shape index (κ1) is 24.7. The second-order valence-corrected chi connectivity index (χ2v) is 9.52. The van der Waals surface area contributed by atoms with E-state index < -0.39 is 47.2 Å². The molecule has 0 unspecified atom stereocenters. The number of hydrogen-bond acceptors (Lipinski definition) is 11. The van der Waals surface area contributed by atoms with E-state index in [1.165, 1.54) is 41.5 Å². The number of benzene rings is 1. The highest BCUT2D eigenvalue weighted by atomic mass is 32.2. The van der Waals surface area contributed by atoms with Crippen molar-refractivity contribution >= 4 is 27.3 Å². The molecule has 14 nitrogen and oxygen atoms in total. The van der Waals surface area contributed by atoms with Crippen molar-refractivity contribution < 1.29 is 38.0 Å². The Morgan fingerprint density at radius 2 is 1.94 bits per heavy atom. The Bertz CT molecular complexity index is 1330. The third-order valence-electron chi connectivity index (χ3n) is 5.13. The summed E-state index contributed by atoms with van der Waals surface area (Å²) in [7, 11) is -4.39. The van der Waals surface area contributed by atoms with Gasteiger partial charge in [0.1, 0.15) is 30.4 Å². The standard InChI is InChI=1S/C20H24N6O8S/c1-10(2)33-19-14-17(21-8-22-19)26(9-23-14)20-16(29)15(28)13(34-20)7-24-35(31,32)25-18(30)11-5-3-4-6-12(11)27/h3-6,8-10,13,15-16,20,24,27-29H,7H2,1-2H3,(H,25,30)/t13-,15-,16-,20-/m1/s1. The zero-order chi connectivity index (χ0) is 25.3. The molecule has 0 aliphatic carbocycles. The number of phenolic OH excluding ortho intramolecular Hbond substituents is 1. The number of carbonyl (C=O) groups excluding carboxylic acids is 1. The van der Waals surface area contributed by atoms with Gasteiger partial charge in [0.2, 0.25) is 5.88 Å². The molecule has 1 aliphatic rings.